The number of aliphatic hydroxyl groups is 1. The number of aliphatic hydroxyl groups excluding tert-OH is 1. The lowest BCUT2D eigenvalue weighted by Gasteiger charge is -2.17. The Morgan fingerprint density at radius 1 is 1.26 bits per heavy atom. The van der Waals surface area contributed by atoms with E-state index in [0.29, 0.717) is 29.7 Å². The smallest absolute Gasteiger partial charge is 0.162 e. The molecular weight excluding hydrogens is 264 g/mol. The van der Waals surface area contributed by atoms with E-state index in [1.165, 1.54) is 0 Å². The Kier molecular flexibility index (Phi) is 3.14. The van der Waals surface area contributed by atoms with Crippen LogP contribution in [0.4, 0.5) is 0 Å². The van der Waals surface area contributed by atoms with Gasteiger partial charge in [0.15, 0.2) is 11.5 Å². The first-order valence-corrected chi connectivity index (χ1v) is 7.14. The molecule has 1 N–H and O–H groups in total. The first-order valence-electron chi connectivity index (χ1n) is 6.76. The van der Waals surface area contributed by atoms with Gasteiger partial charge in [-0.1, -0.05) is 25.4 Å². The summed E-state index contributed by atoms with van der Waals surface area (Å²) in [6, 6.07) is 3.60. The molecule has 19 heavy (non-hydrogen) atoms. The van der Waals surface area contributed by atoms with E-state index in [2.05, 4.69) is 13.8 Å². The highest BCUT2D eigenvalue weighted by Crippen LogP contribution is 2.58. The summed E-state index contributed by atoms with van der Waals surface area (Å²) in [5.74, 6) is 1.64. The average Bonchev–Trinajstić information content (AvgIpc) is 3.04. The zero-order valence-corrected chi connectivity index (χ0v) is 12.0. The minimum atomic E-state index is -0.528. The molecule has 0 saturated heterocycles. The largest absolute Gasteiger partial charge is 0.490 e. The molecular formula is C15H19ClO3. The number of benzene rings is 1. The van der Waals surface area contributed by atoms with E-state index in [1.807, 2.05) is 6.07 Å². The molecule has 1 fully saturated rings. The van der Waals surface area contributed by atoms with Crippen molar-refractivity contribution in [3.05, 3.63) is 22.7 Å². The van der Waals surface area contributed by atoms with Crippen LogP contribution < -0.4 is 9.47 Å². The van der Waals surface area contributed by atoms with E-state index in [1.54, 1.807) is 6.07 Å². The van der Waals surface area contributed by atoms with Crippen molar-refractivity contribution in [2.24, 2.45) is 11.3 Å². The van der Waals surface area contributed by atoms with Crippen LogP contribution in [0.15, 0.2) is 12.1 Å². The fourth-order valence-corrected chi connectivity index (χ4v) is 2.96. The van der Waals surface area contributed by atoms with Gasteiger partial charge in [0, 0.05) is 18.1 Å². The van der Waals surface area contributed by atoms with Crippen LogP contribution in [0.2, 0.25) is 5.02 Å². The van der Waals surface area contributed by atoms with Gasteiger partial charge < -0.3 is 14.6 Å². The Labute approximate surface area is 118 Å². The van der Waals surface area contributed by atoms with Crippen LogP contribution in [0, 0.1) is 11.3 Å². The molecule has 1 heterocycles. The first-order chi connectivity index (χ1) is 8.99. The highest BCUT2D eigenvalue weighted by Gasteiger charge is 2.50. The monoisotopic (exact) mass is 282 g/mol. The summed E-state index contributed by atoms with van der Waals surface area (Å²) in [6.07, 6.45) is 1.36. The molecule has 1 aromatic rings. The number of hydrogen-bond donors (Lipinski definition) is 1. The zero-order chi connectivity index (χ0) is 13.6. The number of hydrogen-bond acceptors (Lipinski definition) is 3. The third kappa shape index (κ3) is 2.41. The van der Waals surface area contributed by atoms with Crippen molar-refractivity contribution in [2.75, 3.05) is 13.2 Å². The molecule has 1 aliphatic carbocycles. The predicted octanol–water partition coefficient (Wildman–Crippen LogP) is 3.58. The van der Waals surface area contributed by atoms with Gasteiger partial charge in [-0.25, -0.2) is 0 Å². The number of halogens is 1. The SMILES string of the molecule is CC1(C)CC1C(O)c1cc2c(cc1Cl)OCCCO2. The van der Waals surface area contributed by atoms with Gasteiger partial charge in [0.2, 0.25) is 0 Å². The molecule has 104 valence electrons. The van der Waals surface area contributed by atoms with Crippen molar-refractivity contribution in [1.29, 1.82) is 0 Å². The predicted molar refractivity (Wildman–Crippen MR) is 73.9 cm³/mol. The van der Waals surface area contributed by atoms with Crippen LogP contribution in [0.3, 0.4) is 0 Å². The Balaban J connectivity index is 1.92. The Hall–Kier alpha value is -0.930. The molecule has 1 saturated carbocycles. The molecule has 3 nitrogen and oxygen atoms in total. The molecule has 0 radical (unpaired) electrons. The lowest BCUT2D eigenvalue weighted by atomic mass is 9.99. The number of ether oxygens (including phenoxy) is 2. The first kappa shape index (κ1) is 13.1. The van der Waals surface area contributed by atoms with Gasteiger partial charge in [-0.3, -0.25) is 0 Å². The van der Waals surface area contributed by atoms with Crippen molar-refractivity contribution >= 4 is 11.6 Å². The number of rotatable bonds is 2. The average molecular weight is 283 g/mol. The lowest BCUT2D eigenvalue weighted by Crippen LogP contribution is -2.06. The lowest BCUT2D eigenvalue weighted by molar-refractivity contribution is 0.138. The highest BCUT2D eigenvalue weighted by atomic mass is 35.5. The molecule has 0 amide bonds. The minimum absolute atomic E-state index is 0.201. The van der Waals surface area contributed by atoms with Crippen molar-refractivity contribution in [1.82, 2.24) is 0 Å². The van der Waals surface area contributed by atoms with Gasteiger partial charge in [0.1, 0.15) is 0 Å². The summed E-state index contributed by atoms with van der Waals surface area (Å²) in [6.45, 7) is 5.61. The van der Waals surface area contributed by atoms with E-state index in [0.717, 1.165) is 18.4 Å². The summed E-state index contributed by atoms with van der Waals surface area (Å²) >= 11 is 6.28. The van der Waals surface area contributed by atoms with Crippen LogP contribution in [-0.2, 0) is 0 Å². The molecule has 1 aromatic carbocycles. The summed E-state index contributed by atoms with van der Waals surface area (Å²) in [4.78, 5) is 0. The molecule has 0 spiro atoms. The molecule has 0 aromatic heterocycles. The van der Waals surface area contributed by atoms with Gasteiger partial charge in [-0.05, 0) is 23.8 Å². The van der Waals surface area contributed by atoms with Crippen LogP contribution >= 0.6 is 11.6 Å². The fourth-order valence-electron chi connectivity index (χ4n) is 2.69. The van der Waals surface area contributed by atoms with Crippen LogP contribution in [0.5, 0.6) is 11.5 Å². The molecule has 2 unspecified atom stereocenters. The topological polar surface area (TPSA) is 38.7 Å². The van der Waals surface area contributed by atoms with Crippen LogP contribution in [0.1, 0.15) is 38.4 Å². The highest BCUT2D eigenvalue weighted by molar-refractivity contribution is 6.31. The van der Waals surface area contributed by atoms with Crippen molar-refractivity contribution in [3.63, 3.8) is 0 Å². The standard InChI is InChI=1S/C15H19ClO3/c1-15(2)8-10(15)14(17)9-6-12-13(7-11(9)16)19-5-3-4-18-12/h6-7,10,14,17H,3-5,8H2,1-2H3. The quantitative estimate of drug-likeness (QED) is 0.901. The van der Waals surface area contributed by atoms with Gasteiger partial charge >= 0.3 is 0 Å². The molecule has 0 bridgehead atoms. The summed E-state index contributed by atoms with van der Waals surface area (Å²) in [5.41, 5.74) is 0.953. The van der Waals surface area contributed by atoms with E-state index < -0.39 is 6.10 Å². The van der Waals surface area contributed by atoms with E-state index in [-0.39, 0.29) is 11.3 Å². The Morgan fingerprint density at radius 2 is 1.84 bits per heavy atom. The van der Waals surface area contributed by atoms with E-state index in [4.69, 9.17) is 21.1 Å². The third-order valence-electron chi connectivity index (χ3n) is 4.16. The second-order valence-electron chi connectivity index (χ2n) is 6.11. The summed E-state index contributed by atoms with van der Waals surface area (Å²) in [7, 11) is 0. The van der Waals surface area contributed by atoms with Gasteiger partial charge in [0.25, 0.3) is 0 Å². The normalized spacial score (nSPS) is 25.6. The van der Waals surface area contributed by atoms with Crippen LogP contribution in [-0.4, -0.2) is 18.3 Å². The molecule has 4 heteroatoms. The maximum absolute atomic E-state index is 10.5. The van der Waals surface area contributed by atoms with Gasteiger partial charge in [-0.15, -0.1) is 0 Å². The van der Waals surface area contributed by atoms with E-state index >= 15 is 0 Å². The van der Waals surface area contributed by atoms with Crippen molar-refractivity contribution in [3.8, 4) is 11.5 Å². The van der Waals surface area contributed by atoms with Crippen molar-refractivity contribution < 1.29 is 14.6 Å². The maximum atomic E-state index is 10.5. The Morgan fingerprint density at radius 3 is 2.42 bits per heavy atom. The fraction of sp³-hybridized carbons (Fsp3) is 0.600. The minimum Gasteiger partial charge on any atom is -0.490 e. The summed E-state index contributed by atoms with van der Waals surface area (Å²) < 4.78 is 11.2. The molecule has 1 aliphatic heterocycles. The second-order valence-corrected chi connectivity index (χ2v) is 6.52. The number of fused-ring (bicyclic) bond motifs is 1. The second kappa shape index (κ2) is 4.57. The Bertz CT molecular complexity index is 498. The van der Waals surface area contributed by atoms with Gasteiger partial charge in [-0.2, -0.15) is 0 Å². The van der Waals surface area contributed by atoms with E-state index in [9.17, 15) is 5.11 Å². The van der Waals surface area contributed by atoms with Crippen LogP contribution in [0.25, 0.3) is 0 Å². The maximum Gasteiger partial charge on any atom is 0.162 e. The van der Waals surface area contributed by atoms with Gasteiger partial charge in [0.05, 0.1) is 24.3 Å². The molecule has 2 atom stereocenters. The summed E-state index contributed by atoms with van der Waals surface area (Å²) in [5, 5.41) is 11.0. The molecule has 2 aliphatic rings. The zero-order valence-electron chi connectivity index (χ0n) is 11.3. The van der Waals surface area contributed by atoms with Crippen molar-refractivity contribution in [2.45, 2.75) is 32.8 Å². The third-order valence-corrected chi connectivity index (χ3v) is 4.48. The molecule has 3 rings (SSSR count).